The quantitative estimate of drug-likeness (QED) is 0.928. The first kappa shape index (κ1) is 15.3. The lowest BCUT2D eigenvalue weighted by Gasteiger charge is -2.21. The second kappa shape index (κ2) is 6.65. The fourth-order valence-corrected chi connectivity index (χ4v) is 3.42. The lowest BCUT2D eigenvalue weighted by Crippen LogP contribution is -2.29. The molecule has 0 spiro atoms. The van der Waals surface area contributed by atoms with Crippen LogP contribution in [0, 0.1) is 11.3 Å². The van der Waals surface area contributed by atoms with E-state index in [0.717, 1.165) is 36.9 Å². The first-order chi connectivity index (χ1) is 10.7. The van der Waals surface area contributed by atoms with Gasteiger partial charge in [-0.3, -0.25) is 0 Å². The molecule has 0 bridgehead atoms. The molecule has 1 N–H and O–H groups in total. The van der Waals surface area contributed by atoms with Crippen LogP contribution in [0.1, 0.15) is 30.3 Å². The van der Waals surface area contributed by atoms with Crippen LogP contribution in [-0.4, -0.2) is 32.8 Å². The molecule has 1 saturated heterocycles. The van der Waals surface area contributed by atoms with Gasteiger partial charge in [0.15, 0.2) is 10.9 Å². The summed E-state index contributed by atoms with van der Waals surface area (Å²) in [5.41, 5.74) is 0.227. The Morgan fingerprint density at radius 1 is 1.45 bits per heavy atom. The molecule has 3 heterocycles. The van der Waals surface area contributed by atoms with Crippen molar-refractivity contribution in [1.29, 1.82) is 5.26 Å². The Balaban J connectivity index is 1.81. The molecule has 1 fully saturated rings. The summed E-state index contributed by atoms with van der Waals surface area (Å²) in [5, 5.41) is 22.8. The molecule has 0 unspecified atom stereocenters. The number of hydrogen-bond donors (Lipinski definition) is 1. The van der Waals surface area contributed by atoms with Crippen LogP contribution in [0.2, 0.25) is 5.02 Å². The minimum atomic E-state index is 0.227. The maximum absolute atomic E-state index is 8.99. The van der Waals surface area contributed by atoms with E-state index in [1.54, 1.807) is 12.1 Å². The monoisotopic (exact) mass is 334 g/mol. The zero-order chi connectivity index (χ0) is 15.5. The van der Waals surface area contributed by atoms with Crippen LogP contribution >= 0.6 is 23.4 Å². The van der Waals surface area contributed by atoms with E-state index >= 15 is 0 Å². The molecule has 0 saturated carbocycles. The van der Waals surface area contributed by atoms with Crippen molar-refractivity contribution in [3.05, 3.63) is 28.7 Å². The number of aromatic nitrogens is 4. The van der Waals surface area contributed by atoms with Gasteiger partial charge in [-0.2, -0.15) is 5.26 Å². The van der Waals surface area contributed by atoms with Crippen LogP contribution in [0.15, 0.2) is 22.3 Å². The Bertz CT molecular complexity index is 717. The number of hydrogen-bond acceptors (Lipinski definition) is 6. The fourth-order valence-electron chi connectivity index (χ4n) is 2.50. The summed E-state index contributed by atoms with van der Waals surface area (Å²) in [6, 6.07) is 5.45. The molecular weight excluding hydrogens is 320 g/mol. The lowest BCUT2D eigenvalue weighted by molar-refractivity contribution is 0.436. The molecule has 0 aromatic carbocycles. The van der Waals surface area contributed by atoms with Crippen LogP contribution in [0.25, 0.3) is 0 Å². The van der Waals surface area contributed by atoms with Gasteiger partial charge >= 0.3 is 0 Å². The van der Waals surface area contributed by atoms with Gasteiger partial charge in [0.25, 0.3) is 0 Å². The van der Waals surface area contributed by atoms with Crippen LogP contribution in [0.3, 0.4) is 0 Å². The van der Waals surface area contributed by atoms with E-state index in [2.05, 4.69) is 20.5 Å². The van der Waals surface area contributed by atoms with Gasteiger partial charge in [0.1, 0.15) is 16.9 Å². The Morgan fingerprint density at radius 3 is 3.05 bits per heavy atom. The SMILES string of the molecule is Cn1c(Sc2ccc(Cl)c(C#N)n2)nnc1[C@@H]1CCCNC1. The molecule has 2 aromatic rings. The van der Waals surface area contributed by atoms with Crippen molar-refractivity contribution in [1.82, 2.24) is 25.1 Å². The van der Waals surface area contributed by atoms with E-state index in [4.69, 9.17) is 16.9 Å². The van der Waals surface area contributed by atoms with Crippen LogP contribution in [-0.2, 0) is 7.05 Å². The van der Waals surface area contributed by atoms with Crippen molar-refractivity contribution in [2.45, 2.75) is 28.9 Å². The third kappa shape index (κ3) is 3.09. The molecule has 0 radical (unpaired) electrons. The van der Waals surface area contributed by atoms with Gasteiger partial charge in [0.2, 0.25) is 0 Å². The molecule has 1 aliphatic heterocycles. The standard InChI is InChI=1S/C14H15ClN6S/c1-21-13(9-3-2-6-17-8-9)19-20-14(21)22-12-5-4-10(15)11(7-16)18-12/h4-5,9,17H,2-3,6,8H2,1H3/t9-/m1/s1. The fraction of sp³-hybridized carbons (Fsp3) is 0.429. The van der Waals surface area contributed by atoms with Crippen LogP contribution in [0.4, 0.5) is 0 Å². The summed E-state index contributed by atoms with van der Waals surface area (Å²) in [4.78, 5) is 4.23. The van der Waals surface area contributed by atoms with Crippen molar-refractivity contribution >= 4 is 23.4 Å². The number of nitriles is 1. The van der Waals surface area contributed by atoms with E-state index in [1.807, 2.05) is 17.7 Å². The Kier molecular flexibility index (Phi) is 4.62. The van der Waals surface area contributed by atoms with Gasteiger partial charge in [-0.05, 0) is 43.3 Å². The van der Waals surface area contributed by atoms with Crippen LogP contribution in [0.5, 0.6) is 0 Å². The highest BCUT2D eigenvalue weighted by Crippen LogP contribution is 2.29. The molecule has 3 rings (SSSR count). The van der Waals surface area contributed by atoms with E-state index in [9.17, 15) is 0 Å². The van der Waals surface area contributed by atoms with Crippen molar-refractivity contribution in [2.24, 2.45) is 7.05 Å². The first-order valence-electron chi connectivity index (χ1n) is 7.03. The molecule has 6 nitrogen and oxygen atoms in total. The number of nitrogens with zero attached hydrogens (tertiary/aromatic N) is 5. The van der Waals surface area contributed by atoms with Gasteiger partial charge in [-0.25, -0.2) is 4.98 Å². The minimum Gasteiger partial charge on any atom is -0.316 e. The molecule has 1 aliphatic rings. The first-order valence-corrected chi connectivity index (χ1v) is 8.23. The van der Waals surface area contributed by atoms with Crippen molar-refractivity contribution < 1.29 is 0 Å². The van der Waals surface area contributed by atoms with E-state index < -0.39 is 0 Å². The summed E-state index contributed by atoms with van der Waals surface area (Å²) in [6.07, 6.45) is 2.28. The molecule has 8 heteroatoms. The highest BCUT2D eigenvalue weighted by molar-refractivity contribution is 7.99. The minimum absolute atomic E-state index is 0.227. The van der Waals surface area contributed by atoms with Gasteiger partial charge in [-0.1, -0.05) is 11.6 Å². The molecule has 0 amide bonds. The Hall–Kier alpha value is -1.62. The van der Waals surface area contributed by atoms with E-state index in [1.165, 1.54) is 11.8 Å². The normalized spacial score (nSPS) is 18.1. The number of pyridine rings is 1. The summed E-state index contributed by atoms with van der Waals surface area (Å²) in [6.45, 7) is 2.01. The Morgan fingerprint density at radius 2 is 2.32 bits per heavy atom. The van der Waals surface area contributed by atoms with E-state index in [-0.39, 0.29) is 5.69 Å². The highest BCUT2D eigenvalue weighted by atomic mass is 35.5. The predicted molar refractivity (Wildman–Crippen MR) is 83.9 cm³/mol. The maximum Gasteiger partial charge on any atom is 0.197 e. The molecular formula is C14H15ClN6S. The topological polar surface area (TPSA) is 79.4 Å². The molecule has 1 atom stereocenters. The summed E-state index contributed by atoms with van der Waals surface area (Å²) < 4.78 is 2.00. The van der Waals surface area contributed by atoms with Crippen molar-refractivity contribution in [3.8, 4) is 6.07 Å². The van der Waals surface area contributed by atoms with Gasteiger partial charge in [0, 0.05) is 19.5 Å². The highest BCUT2D eigenvalue weighted by Gasteiger charge is 2.22. The lowest BCUT2D eigenvalue weighted by atomic mass is 9.99. The number of nitrogens with one attached hydrogen (secondary N) is 1. The third-order valence-electron chi connectivity index (χ3n) is 3.65. The average molecular weight is 335 g/mol. The zero-order valence-corrected chi connectivity index (χ0v) is 13.7. The third-order valence-corrected chi connectivity index (χ3v) is 4.93. The van der Waals surface area contributed by atoms with Gasteiger partial charge in [-0.15, -0.1) is 10.2 Å². The summed E-state index contributed by atoms with van der Waals surface area (Å²) in [7, 11) is 1.97. The number of halogens is 1. The summed E-state index contributed by atoms with van der Waals surface area (Å²) in [5.74, 6) is 1.39. The van der Waals surface area contributed by atoms with Crippen molar-refractivity contribution in [2.75, 3.05) is 13.1 Å². The second-order valence-electron chi connectivity index (χ2n) is 5.14. The van der Waals surface area contributed by atoms with Gasteiger partial charge in [0.05, 0.1) is 5.02 Å². The maximum atomic E-state index is 8.99. The van der Waals surface area contributed by atoms with E-state index in [0.29, 0.717) is 16.0 Å². The zero-order valence-electron chi connectivity index (χ0n) is 12.1. The number of piperidine rings is 1. The van der Waals surface area contributed by atoms with Crippen LogP contribution < -0.4 is 5.32 Å². The average Bonchev–Trinajstić information content (AvgIpc) is 2.91. The second-order valence-corrected chi connectivity index (χ2v) is 6.53. The molecule has 2 aromatic heterocycles. The Labute approximate surface area is 137 Å². The number of rotatable bonds is 3. The molecule has 22 heavy (non-hydrogen) atoms. The van der Waals surface area contributed by atoms with Gasteiger partial charge < -0.3 is 9.88 Å². The predicted octanol–water partition coefficient (Wildman–Crippen LogP) is 2.35. The molecule has 114 valence electrons. The largest absolute Gasteiger partial charge is 0.316 e. The van der Waals surface area contributed by atoms with Crippen molar-refractivity contribution in [3.63, 3.8) is 0 Å². The molecule has 0 aliphatic carbocycles. The summed E-state index contributed by atoms with van der Waals surface area (Å²) >= 11 is 7.29. The smallest absolute Gasteiger partial charge is 0.197 e.